The number of carbonyl (C=O) groups excluding carboxylic acids is 1. The van der Waals surface area contributed by atoms with Gasteiger partial charge >= 0.3 is 6.03 Å². The molecule has 1 saturated heterocycles. The van der Waals surface area contributed by atoms with Crippen molar-refractivity contribution in [3.8, 4) is 11.5 Å². The van der Waals surface area contributed by atoms with Gasteiger partial charge in [-0.15, -0.1) is 0 Å². The fourth-order valence-electron chi connectivity index (χ4n) is 2.98. The minimum absolute atomic E-state index is 0.0404. The highest BCUT2D eigenvalue weighted by molar-refractivity contribution is 5.74. The summed E-state index contributed by atoms with van der Waals surface area (Å²) in [7, 11) is 1.61. The van der Waals surface area contributed by atoms with E-state index in [-0.39, 0.29) is 6.03 Å². The van der Waals surface area contributed by atoms with Gasteiger partial charge in [0, 0.05) is 31.9 Å². The molecule has 0 radical (unpaired) electrons. The van der Waals surface area contributed by atoms with Gasteiger partial charge in [0.2, 0.25) is 0 Å². The smallest absolute Gasteiger partial charge is 0.317 e. The second-order valence-electron chi connectivity index (χ2n) is 6.04. The second-order valence-corrected chi connectivity index (χ2v) is 6.04. The number of hydrogen-bond acceptors (Lipinski definition) is 4. The van der Waals surface area contributed by atoms with Crippen molar-refractivity contribution in [1.82, 2.24) is 10.2 Å². The number of benzene rings is 2. The van der Waals surface area contributed by atoms with Crippen LogP contribution in [-0.2, 0) is 0 Å². The lowest BCUT2D eigenvalue weighted by Gasteiger charge is -2.36. The van der Waals surface area contributed by atoms with Crippen LogP contribution in [0.5, 0.6) is 11.5 Å². The summed E-state index contributed by atoms with van der Waals surface area (Å²) in [6.07, 6.45) is 0. The number of piperazine rings is 1. The Morgan fingerprint density at radius 3 is 2.31 bits per heavy atom. The third kappa shape index (κ3) is 4.59. The molecule has 0 spiro atoms. The van der Waals surface area contributed by atoms with Gasteiger partial charge in [-0.25, -0.2) is 4.79 Å². The van der Waals surface area contributed by atoms with Crippen molar-refractivity contribution in [1.29, 1.82) is 0 Å². The summed E-state index contributed by atoms with van der Waals surface area (Å²) in [5.41, 5.74) is 1.21. The first-order valence-electron chi connectivity index (χ1n) is 8.86. The molecular formula is C20H25N3O3. The Balaban J connectivity index is 1.38. The Kier molecular flexibility index (Phi) is 6.19. The standard InChI is InChI=1S/C20H25N3O3/c1-25-18-9-5-6-10-19(18)26-16-11-21-20(24)23-14-12-22(13-15-23)17-7-3-2-4-8-17/h2-10H,11-16H2,1H3,(H,21,24). The van der Waals surface area contributed by atoms with Crippen molar-refractivity contribution >= 4 is 11.7 Å². The fraction of sp³-hybridized carbons (Fsp3) is 0.350. The highest BCUT2D eigenvalue weighted by atomic mass is 16.5. The molecule has 1 heterocycles. The van der Waals surface area contributed by atoms with Crippen LogP contribution in [0.2, 0.25) is 0 Å². The van der Waals surface area contributed by atoms with Gasteiger partial charge in [0.25, 0.3) is 0 Å². The number of ether oxygens (including phenoxy) is 2. The molecule has 1 aliphatic rings. The van der Waals surface area contributed by atoms with Gasteiger partial charge in [0.15, 0.2) is 11.5 Å². The van der Waals surface area contributed by atoms with E-state index in [4.69, 9.17) is 9.47 Å². The quantitative estimate of drug-likeness (QED) is 0.810. The molecule has 6 heteroatoms. The predicted molar refractivity (Wildman–Crippen MR) is 102 cm³/mol. The van der Waals surface area contributed by atoms with Crippen LogP contribution in [0, 0.1) is 0 Å². The number of hydrogen-bond donors (Lipinski definition) is 1. The maximum atomic E-state index is 12.3. The number of para-hydroxylation sites is 3. The molecule has 0 aromatic heterocycles. The number of nitrogens with one attached hydrogen (secondary N) is 1. The Bertz CT molecular complexity index is 700. The molecule has 1 fully saturated rings. The van der Waals surface area contributed by atoms with Crippen molar-refractivity contribution in [2.24, 2.45) is 0 Å². The van der Waals surface area contributed by atoms with E-state index in [1.807, 2.05) is 47.4 Å². The fourth-order valence-corrected chi connectivity index (χ4v) is 2.98. The summed E-state index contributed by atoms with van der Waals surface area (Å²) in [5, 5.41) is 2.92. The zero-order valence-electron chi connectivity index (χ0n) is 15.1. The Hall–Kier alpha value is -2.89. The van der Waals surface area contributed by atoms with Crippen molar-refractivity contribution < 1.29 is 14.3 Å². The summed E-state index contributed by atoms with van der Waals surface area (Å²) in [6, 6.07) is 17.7. The minimum Gasteiger partial charge on any atom is -0.493 e. The van der Waals surface area contributed by atoms with Crippen LogP contribution < -0.4 is 19.7 Å². The number of anilines is 1. The van der Waals surface area contributed by atoms with Crippen LogP contribution in [0.4, 0.5) is 10.5 Å². The molecule has 0 bridgehead atoms. The molecule has 1 N–H and O–H groups in total. The number of amides is 2. The van der Waals surface area contributed by atoms with E-state index in [0.29, 0.717) is 37.7 Å². The van der Waals surface area contributed by atoms with E-state index in [0.717, 1.165) is 13.1 Å². The van der Waals surface area contributed by atoms with Crippen LogP contribution in [0.3, 0.4) is 0 Å². The van der Waals surface area contributed by atoms with E-state index < -0.39 is 0 Å². The Morgan fingerprint density at radius 1 is 0.962 bits per heavy atom. The lowest BCUT2D eigenvalue weighted by molar-refractivity contribution is 0.191. The van der Waals surface area contributed by atoms with Gasteiger partial charge in [0.1, 0.15) is 6.61 Å². The third-order valence-electron chi connectivity index (χ3n) is 4.39. The topological polar surface area (TPSA) is 54.0 Å². The Labute approximate surface area is 154 Å². The molecule has 0 atom stereocenters. The molecular weight excluding hydrogens is 330 g/mol. The first kappa shape index (κ1) is 17.9. The molecule has 138 valence electrons. The Morgan fingerprint density at radius 2 is 1.62 bits per heavy atom. The summed E-state index contributed by atoms with van der Waals surface area (Å²) in [4.78, 5) is 16.4. The van der Waals surface area contributed by atoms with Gasteiger partial charge < -0.3 is 24.6 Å². The monoisotopic (exact) mass is 355 g/mol. The number of carbonyl (C=O) groups is 1. The van der Waals surface area contributed by atoms with E-state index >= 15 is 0 Å². The van der Waals surface area contributed by atoms with Crippen LogP contribution in [0.25, 0.3) is 0 Å². The van der Waals surface area contributed by atoms with E-state index in [2.05, 4.69) is 22.3 Å². The van der Waals surface area contributed by atoms with Crippen LogP contribution >= 0.6 is 0 Å². The molecule has 26 heavy (non-hydrogen) atoms. The van der Waals surface area contributed by atoms with Crippen molar-refractivity contribution in [2.45, 2.75) is 0 Å². The summed E-state index contributed by atoms with van der Waals surface area (Å²) >= 11 is 0. The maximum absolute atomic E-state index is 12.3. The average molecular weight is 355 g/mol. The normalized spacial score (nSPS) is 14.0. The summed E-state index contributed by atoms with van der Waals surface area (Å²) in [5.74, 6) is 1.37. The lowest BCUT2D eigenvalue weighted by Crippen LogP contribution is -2.52. The van der Waals surface area contributed by atoms with Gasteiger partial charge in [-0.2, -0.15) is 0 Å². The molecule has 3 rings (SSSR count). The SMILES string of the molecule is COc1ccccc1OCCNC(=O)N1CCN(c2ccccc2)CC1. The molecule has 2 aromatic rings. The largest absolute Gasteiger partial charge is 0.493 e. The maximum Gasteiger partial charge on any atom is 0.317 e. The second kappa shape index (κ2) is 8.99. The van der Waals surface area contributed by atoms with Gasteiger partial charge in [-0.05, 0) is 24.3 Å². The third-order valence-corrected chi connectivity index (χ3v) is 4.39. The molecule has 0 saturated carbocycles. The van der Waals surface area contributed by atoms with Crippen LogP contribution in [-0.4, -0.2) is 57.4 Å². The summed E-state index contributed by atoms with van der Waals surface area (Å²) < 4.78 is 10.9. The minimum atomic E-state index is -0.0404. The zero-order chi connectivity index (χ0) is 18.2. The number of methoxy groups -OCH3 is 1. The van der Waals surface area contributed by atoms with Crippen LogP contribution in [0.15, 0.2) is 54.6 Å². The number of rotatable bonds is 6. The van der Waals surface area contributed by atoms with Crippen molar-refractivity contribution in [3.05, 3.63) is 54.6 Å². The zero-order valence-corrected chi connectivity index (χ0v) is 15.1. The first-order chi connectivity index (χ1) is 12.8. The van der Waals surface area contributed by atoms with E-state index in [9.17, 15) is 4.79 Å². The predicted octanol–water partition coefficient (Wildman–Crippen LogP) is 2.61. The molecule has 6 nitrogen and oxygen atoms in total. The highest BCUT2D eigenvalue weighted by Crippen LogP contribution is 2.25. The molecule has 0 aliphatic carbocycles. The molecule has 0 unspecified atom stereocenters. The lowest BCUT2D eigenvalue weighted by atomic mass is 10.2. The molecule has 1 aliphatic heterocycles. The highest BCUT2D eigenvalue weighted by Gasteiger charge is 2.20. The number of urea groups is 1. The average Bonchev–Trinajstić information content (AvgIpc) is 2.72. The van der Waals surface area contributed by atoms with Crippen LogP contribution in [0.1, 0.15) is 0 Å². The number of nitrogens with zero attached hydrogens (tertiary/aromatic N) is 2. The molecule has 2 amide bonds. The van der Waals surface area contributed by atoms with Gasteiger partial charge in [-0.1, -0.05) is 30.3 Å². The van der Waals surface area contributed by atoms with Crippen molar-refractivity contribution in [3.63, 3.8) is 0 Å². The van der Waals surface area contributed by atoms with E-state index in [1.165, 1.54) is 5.69 Å². The molecule has 2 aromatic carbocycles. The van der Waals surface area contributed by atoms with Gasteiger partial charge in [0.05, 0.1) is 13.7 Å². The first-order valence-corrected chi connectivity index (χ1v) is 8.86. The van der Waals surface area contributed by atoms with Crippen molar-refractivity contribution in [2.75, 3.05) is 51.3 Å². The van der Waals surface area contributed by atoms with E-state index in [1.54, 1.807) is 7.11 Å². The summed E-state index contributed by atoms with van der Waals surface area (Å²) in [6.45, 7) is 3.97. The van der Waals surface area contributed by atoms with Gasteiger partial charge in [-0.3, -0.25) is 0 Å².